The van der Waals surface area contributed by atoms with Crippen LogP contribution in [-0.2, 0) is 11.3 Å². The molecule has 1 nitrogen and oxygen atoms in total. The fourth-order valence-electron chi connectivity index (χ4n) is 3.31. The maximum Gasteiger partial charge on any atom is 0.0717 e. The highest BCUT2D eigenvalue weighted by molar-refractivity contribution is 5.25. The van der Waals surface area contributed by atoms with Crippen LogP contribution in [0.1, 0.15) is 63.0 Å². The molecule has 1 fully saturated rings. The van der Waals surface area contributed by atoms with Crippen LogP contribution in [0.25, 0.3) is 0 Å². The third-order valence-electron chi connectivity index (χ3n) is 4.62. The van der Waals surface area contributed by atoms with Gasteiger partial charge >= 0.3 is 0 Å². The van der Waals surface area contributed by atoms with Gasteiger partial charge in [0.1, 0.15) is 0 Å². The Bertz CT molecular complexity index is 461. The van der Waals surface area contributed by atoms with Crippen LogP contribution in [0.4, 0.5) is 0 Å². The molecule has 0 radical (unpaired) electrons. The Kier molecular flexibility index (Phi) is 7.45. The molecule has 2 rings (SSSR count). The molecular weight excluding hydrogens is 268 g/mol. The molecule has 0 amide bonds. The lowest BCUT2D eigenvalue weighted by Crippen LogP contribution is -2.11. The van der Waals surface area contributed by atoms with Crippen molar-refractivity contribution in [3.8, 4) is 0 Å². The molecule has 120 valence electrons. The van der Waals surface area contributed by atoms with E-state index in [2.05, 4.69) is 55.5 Å². The van der Waals surface area contributed by atoms with E-state index in [1.54, 1.807) is 0 Å². The van der Waals surface area contributed by atoms with Crippen molar-refractivity contribution in [2.75, 3.05) is 6.61 Å². The van der Waals surface area contributed by atoms with Gasteiger partial charge in [0.2, 0.25) is 0 Å². The van der Waals surface area contributed by atoms with Crippen molar-refractivity contribution in [1.82, 2.24) is 0 Å². The van der Waals surface area contributed by atoms with E-state index in [0.717, 1.165) is 31.5 Å². The minimum atomic E-state index is 0.728. The number of ether oxygens (including phenoxy) is 1. The van der Waals surface area contributed by atoms with Gasteiger partial charge in [-0.1, -0.05) is 48.6 Å². The summed E-state index contributed by atoms with van der Waals surface area (Å²) in [6.07, 6.45) is 15.1. The molecule has 1 aliphatic rings. The molecule has 1 aliphatic carbocycles. The average molecular weight is 298 g/mol. The van der Waals surface area contributed by atoms with E-state index in [0.29, 0.717) is 0 Å². The zero-order chi connectivity index (χ0) is 15.6. The molecule has 1 saturated carbocycles. The molecule has 0 aliphatic heterocycles. The lowest BCUT2D eigenvalue weighted by atomic mass is 9.78. The SMILES string of the molecule is CC=CCCOCc1ccc([C@H]2CC[C@H](C=CC)CC2)cc1. The molecule has 0 saturated heterocycles. The maximum atomic E-state index is 5.69. The van der Waals surface area contributed by atoms with Gasteiger partial charge in [0.05, 0.1) is 13.2 Å². The van der Waals surface area contributed by atoms with Gasteiger partial charge in [0.25, 0.3) is 0 Å². The van der Waals surface area contributed by atoms with Crippen molar-refractivity contribution in [2.24, 2.45) is 5.92 Å². The fourth-order valence-corrected chi connectivity index (χ4v) is 3.31. The topological polar surface area (TPSA) is 9.23 Å². The summed E-state index contributed by atoms with van der Waals surface area (Å²) >= 11 is 0. The summed E-state index contributed by atoms with van der Waals surface area (Å²) in [5, 5.41) is 0. The zero-order valence-corrected chi connectivity index (χ0v) is 14.1. The summed E-state index contributed by atoms with van der Waals surface area (Å²) in [6.45, 7) is 5.71. The molecular formula is C21H30O. The highest BCUT2D eigenvalue weighted by atomic mass is 16.5. The molecule has 0 aromatic heterocycles. The van der Waals surface area contributed by atoms with Crippen molar-refractivity contribution in [3.05, 3.63) is 59.7 Å². The molecule has 1 heteroatoms. The van der Waals surface area contributed by atoms with Crippen LogP contribution in [0.3, 0.4) is 0 Å². The molecule has 0 bridgehead atoms. The molecule has 0 atom stereocenters. The second-order valence-electron chi connectivity index (χ2n) is 6.29. The van der Waals surface area contributed by atoms with Gasteiger partial charge in [-0.05, 0) is 68.9 Å². The first-order valence-corrected chi connectivity index (χ1v) is 8.74. The number of allylic oxidation sites excluding steroid dienone is 3. The molecule has 0 spiro atoms. The monoisotopic (exact) mass is 298 g/mol. The first kappa shape index (κ1) is 17.0. The summed E-state index contributed by atoms with van der Waals surface area (Å²) in [5.74, 6) is 1.57. The normalized spacial score (nSPS) is 22.6. The first-order chi connectivity index (χ1) is 10.8. The summed E-state index contributed by atoms with van der Waals surface area (Å²) in [4.78, 5) is 0. The molecule has 0 N–H and O–H groups in total. The summed E-state index contributed by atoms with van der Waals surface area (Å²) in [6, 6.07) is 9.10. The third-order valence-corrected chi connectivity index (χ3v) is 4.62. The predicted molar refractivity (Wildman–Crippen MR) is 95.0 cm³/mol. The lowest BCUT2D eigenvalue weighted by molar-refractivity contribution is 0.125. The average Bonchev–Trinajstić information content (AvgIpc) is 2.56. The van der Waals surface area contributed by atoms with E-state index in [9.17, 15) is 0 Å². The number of rotatable bonds is 7. The van der Waals surface area contributed by atoms with Crippen molar-refractivity contribution in [1.29, 1.82) is 0 Å². The van der Waals surface area contributed by atoms with Crippen LogP contribution >= 0.6 is 0 Å². The maximum absolute atomic E-state index is 5.69. The largest absolute Gasteiger partial charge is 0.376 e. The van der Waals surface area contributed by atoms with Gasteiger partial charge in [-0.15, -0.1) is 0 Å². The van der Waals surface area contributed by atoms with E-state index in [-0.39, 0.29) is 0 Å². The smallest absolute Gasteiger partial charge is 0.0717 e. The van der Waals surface area contributed by atoms with Gasteiger partial charge in [0.15, 0.2) is 0 Å². The Morgan fingerprint density at radius 3 is 2.36 bits per heavy atom. The lowest BCUT2D eigenvalue weighted by Gasteiger charge is -2.27. The van der Waals surface area contributed by atoms with Crippen LogP contribution < -0.4 is 0 Å². The standard InChI is InChI=1S/C21H30O/c1-3-5-6-16-22-17-19-10-14-21(15-11-19)20-12-8-18(7-4-2)9-13-20/h3-5,7,10-11,14-15,18,20H,6,8-9,12-13,16-17H2,1-2H3/t18-,20-. The van der Waals surface area contributed by atoms with Crippen LogP contribution in [0, 0.1) is 5.92 Å². The van der Waals surface area contributed by atoms with Gasteiger partial charge in [-0.2, -0.15) is 0 Å². The Labute approximate surface area is 136 Å². The Morgan fingerprint density at radius 1 is 1.00 bits per heavy atom. The quantitative estimate of drug-likeness (QED) is 0.442. The number of benzene rings is 1. The van der Waals surface area contributed by atoms with Crippen LogP contribution in [0.15, 0.2) is 48.6 Å². The van der Waals surface area contributed by atoms with Crippen molar-refractivity contribution >= 4 is 0 Å². The predicted octanol–water partition coefficient (Wildman–Crippen LogP) is 6.02. The molecule has 1 aromatic carbocycles. The Hall–Kier alpha value is -1.34. The summed E-state index contributed by atoms with van der Waals surface area (Å²) in [5.41, 5.74) is 2.79. The molecule has 1 aromatic rings. The second kappa shape index (κ2) is 9.63. The summed E-state index contributed by atoms with van der Waals surface area (Å²) in [7, 11) is 0. The van der Waals surface area contributed by atoms with Crippen molar-refractivity contribution in [2.45, 2.75) is 58.5 Å². The Morgan fingerprint density at radius 2 is 1.73 bits per heavy atom. The van der Waals surface area contributed by atoms with Crippen molar-refractivity contribution in [3.63, 3.8) is 0 Å². The van der Waals surface area contributed by atoms with E-state index >= 15 is 0 Å². The number of hydrogen-bond donors (Lipinski definition) is 0. The van der Waals surface area contributed by atoms with E-state index in [1.165, 1.54) is 36.8 Å². The summed E-state index contributed by atoms with van der Waals surface area (Å²) < 4.78 is 5.69. The first-order valence-electron chi connectivity index (χ1n) is 8.74. The molecule has 0 unspecified atom stereocenters. The van der Waals surface area contributed by atoms with Gasteiger partial charge in [0, 0.05) is 0 Å². The highest BCUT2D eigenvalue weighted by Crippen LogP contribution is 2.36. The van der Waals surface area contributed by atoms with E-state index in [1.807, 2.05) is 6.92 Å². The highest BCUT2D eigenvalue weighted by Gasteiger charge is 2.20. The van der Waals surface area contributed by atoms with Crippen LogP contribution in [-0.4, -0.2) is 6.61 Å². The van der Waals surface area contributed by atoms with E-state index < -0.39 is 0 Å². The van der Waals surface area contributed by atoms with Crippen LogP contribution in [0.5, 0.6) is 0 Å². The zero-order valence-electron chi connectivity index (χ0n) is 14.1. The number of hydrogen-bond acceptors (Lipinski definition) is 1. The third kappa shape index (κ3) is 5.46. The molecule has 22 heavy (non-hydrogen) atoms. The van der Waals surface area contributed by atoms with E-state index in [4.69, 9.17) is 4.74 Å². The van der Waals surface area contributed by atoms with Gasteiger partial charge < -0.3 is 4.74 Å². The van der Waals surface area contributed by atoms with Gasteiger partial charge in [-0.3, -0.25) is 0 Å². The van der Waals surface area contributed by atoms with Crippen LogP contribution in [0.2, 0.25) is 0 Å². The minimum absolute atomic E-state index is 0.728. The fraction of sp³-hybridized carbons (Fsp3) is 0.524. The minimum Gasteiger partial charge on any atom is -0.376 e. The van der Waals surface area contributed by atoms with Gasteiger partial charge in [-0.25, -0.2) is 0 Å². The second-order valence-corrected chi connectivity index (χ2v) is 6.29. The molecule has 0 heterocycles. The Balaban J connectivity index is 1.77. The van der Waals surface area contributed by atoms with Crippen molar-refractivity contribution < 1.29 is 4.74 Å².